The van der Waals surface area contributed by atoms with Gasteiger partial charge >= 0.3 is 0 Å². The molecule has 0 saturated carbocycles. The lowest BCUT2D eigenvalue weighted by molar-refractivity contribution is 0.102. The van der Waals surface area contributed by atoms with Crippen LogP contribution in [0.5, 0.6) is 0 Å². The van der Waals surface area contributed by atoms with Crippen molar-refractivity contribution in [2.75, 3.05) is 5.32 Å². The number of hydrogen-bond donors (Lipinski definition) is 2. The zero-order valence-electron chi connectivity index (χ0n) is 10.6. The highest BCUT2D eigenvalue weighted by Crippen LogP contribution is 2.15. The maximum absolute atomic E-state index is 12.0. The second kappa shape index (κ2) is 6.33. The van der Waals surface area contributed by atoms with E-state index in [0.29, 0.717) is 16.4 Å². The highest BCUT2D eigenvalue weighted by Gasteiger charge is 2.11. The molecule has 1 amide bonds. The summed E-state index contributed by atoms with van der Waals surface area (Å²) in [5.74, 6) is 0.213. The Bertz CT molecular complexity index is 567. The van der Waals surface area contributed by atoms with Gasteiger partial charge in [-0.2, -0.15) is 5.10 Å². The number of anilines is 1. The SMILES string of the molecule is CCCCc1cc(NC(=O)c2ccncc2Cl)n[nH]1. The standard InChI is InChI=1S/C13H15ClN4O/c1-2-3-4-9-7-12(18-17-9)16-13(19)10-5-6-15-8-11(10)14/h5-8H,2-4H2,1H3,(H2,16,17,18,19). The smallest absolute Gasteiger partial charge is 0.258 e. The van der Waals surface area contributed by atoms with Crippen LogP contribution in [0.1, 0.15) is 35.8 Å². The molecule has 6 heteroatoms. The summed E-state index contributed by atoms with van der Waals surface area (Å²) in [4.78, 5) is 15.8. The molecule has 2 rings (SSSR count). The van der Waals surface area contributed by atoms with E-state index >= 15 is 0 Å². The molecule has 0 saturated heterocycles. The van der Waals surface area contributed by atoms with Crippen LogP contribution < -0.4 is 5.32 Å². The van der Waals surface area contributed by atoms with Crippen LogP contribution in [0.3, 0.4) is 0 Å². The van der Waals surface area contributed by atoms with Gasteiger partial charge < -0.3 is 5.32 Å². The van der Waals surface area contributed by atoms with E-state index in [-0.39, 0.29) is 5.91 Å². The number of pyridine rings is 1. The van der Waals surface area contributed by atoms with Gasteiger partial charge in [0.25, 0.3) is 5.91 Å². The first-order valence-electron chi connectivity index (χ1n) is 6.16. The molecular formula is C13H15ClN4O. The van der Waals surface area contributed by atoms with E-state index in [9.17, 15) is 4.79 Å². The van der Waals surface area contributed by atoms with Gasteiger partial charge in [-0.25, -0.2) is 0 Å². The number of rotatable bonds is 5. The van der Waals surface area contributed by atoms with Crippen molar-refractivity contribution in [2.24, 2.45) is 0 Å². The van der Waals surface area contributed by atoms with E-state index in [2.05, 4.69) is 27.4 Å². The van der Waals surface area contributed by atoms with E-state index in [1.165, 1.54) is 12.4 Å². The molecule has 0 aliphatic carbocycles. The average Bonchev–Trinajstić information content (AvgIpc) is 2.84. The van der Waals surface area contributed by atoms with E-state index in [0.717, 1.165) is 25.0 Å². The first-order valence-corrected chi connectivity index (χ1v) is 6.53. The van der Waals surface area contributed by atoms with Crippen molar-refractivity contribution in [3.63, 3.8) is 0 Å². The van der Waals surface area contributed by atoms with Crippen LogP contribution in [0.15, 0.2) is 24.5 Å². The Morgan fingerprint density at radius 3 is 3.11 bits per heavy atom. The van der Waals surface area contributed by atoms with Crippen molar-refractivity contribution < 1.29 is 4.79 Å². The van der Waals surface area contributed by atoms with Crippen LogP contribution in [0.4, 0.5) is 5.82 Å². The lowest BCUT2D eigenvalue weighted by Crippen LogP contribution is -2.12. The van der Waals surface area contributed by atoms with Crippen molar-refractivity contribution >= 4 is 23.3 Å². The Hall–Kier alpha value is -1.88. The molecule has 0 spiro atoms. The Kier molecular flexibility index (Phi) is 4.52. The number of aromatic nitrogens is 3. The van der Waals surface area contributed by atoms with Crippen molar-refractivity contribution in [3.05, 3.63) is 40.8 Å². The summed E-state index contributed by atoms with van der Waals surface area (Å²) in [6, 6.07) is 3.41. The minimum absolute atomic E-state index is 0.291. The van der Waals surface area contributed by atoms with Gasteiger partial charge in [0.15, 0.2) is 5.82 Å². The zero-order valence-corrected chi connectivity index (χ0v) is 11.4. The van der Waals surface area contributed by atoms with Gasteiger partial charge in [0.05, 0.1) is 10.6 Å². The van der Waals surface area contributed by atoms with Crippen LogP contribution in [0.2, 0.25) is 5.02 Å². The number of halogens is 1. The van der Waals surface area contributed by atoms with Gasteiger partial charge in [-0.3, -0.25) is 14.9 Å². The van der Waals surface area contributed by atoms with E-state index in [1.807, 2.05) is 6.07 Å². The largest absolute Gasteiger partial charge is 0.305 e. The summed E-state index contributed by atoms with van der Waals surface area (Å²) in [6.07, 6.45) is 6.10. The average molecular weight is 279 g/mol. The number of unbranched alkanes of at least 4 members (excludes halogenated alkanes) is 1. The van der Waals surface area contributed by atoms with Crippen molar-refractivity contribution in [1.29, 1.82) is 0 Å². The highest BCUT2D eigenvalue weighted by molar-refractivity contribution is 6.34. The second-order valence-electron chi connectivity index (χ2n) is 4.19. The first-order chi connectivity index (χ1) is 9.20. The third-order valence-electron chi connectivity index (χ3n) is 2.69. The molecule has 0 fully saturated rings. The summed E-state index contributed by atoms with van der Waals surface area (Å²) in [7, 11) is 0. The maximum atomic E-state index is 12.0. The molecule has 0 atom stereocenters. The summed E-state index contributed by atoms with van der Waals surface area (Å²) in [6.45, 7) is 2.13. The Balaban J connectivity index is 2.03. The molecule has 2 aromatic heterocycles. The van der Waals surface area contributed by atoms with Crippen LogP contribution in [-0.4, -0.2) is 21.1 Å². The van der Waals surface area contributed by atoms with Crippen LogP contribution in [0.25, 0.3) is 0 Å². The Labute approximate surface area is 116 Å². The summed E-state index contributed by atoms with van der Waals surface area (Å²) >= 11 is 5.91. The molecule has 2 N–H and O–H groups in total. The normalized spacial score (nSPS) is 10.4. The molecule has 100 valence electrons. The van der Waals surface area contributed by atoms with Gasteiger partial charge in [-0.15, -0.1) is 0 Å². The molecule has 2 heterocycles. The number of carbonyl (C=O) groups is 1. The zero-order chi connectivity index (χ0) is 13.7. The third-order valence-corrected chi connectivity index (χ3v) is 2.99. The van der Waals surface area contributed by atoms with Crippen molar-refractivity contribution in [2.45, 2.75) is 26.2 Å². The van der Waals surface area contributed by atoms with Crippen molar-refractivity contribution in [1.82, 2.24) is 15.2 Å². The van der Waals surface area contributed by atoms with Crippen molar-refractivity contribution in [3.8, 4) is 0 Å². The second-order valence-corrected chi connectivity index (χ2v) is 4.60. The van der Waals surface area contributed by atoms with Gasteiger partial charge in [-0.1, -0.05) is 24.9 Å². The van der Waals surface area contributed by atoms with E-state index < -0.39 is 0 Å². The third kappa shape index (κ3) is 3.54. The molecule has 0 aromatic carbocycles. The van der Waals surface area contributed by atoms with Crippen LogP contribution in [-0.2, 0) is 6.42 Å². The summed E-state index contributed by atoms with van der Waals surface area (Å²) < 4.78 is 0. The number of amides is 1. The predicted molar refractivity (Wildman–Crippen MR) is 74.4 cm³/mol. The number of carbonyl (C=O) groups excluding carboxylic acids is 1. The maximum Gasteiger partial charge on any atom is 0.258 e. The number of nitrogens with one attached hydrogen (secondary N) is 2. The fourth-order valence-electron chi connectivity index (χ4n) is 1.66. The molecule has 19 heavy (non-hydrogen) atoms. The lowest BCUT2D eigenvalue weighted by Gasteiger charge is -2.02. The number of nitrogens with zero attached hydrogens (tertiary/aromatic N) is 2. The molecule has 0 aliphatic heterocycles. The first kappa shape index (κ1) is 13.5. The molecule has 2 aromatic rings. The van der Waals surface area contributed by atoms with Gasteiger partial charge in [0, 0.05) is 24.2 Å². The van der Waals surface area contributed by atoms with Gasteiger partial charge in [0.1, 0.15) is 0 Å². The molecule has 5 nitrogen and oxygen atoms in total. The summed E-state index contributed by atoms with van der Waals surface area (Å²) in [5.41, 5.74) is 1.40. The molecule has 0 radical (unpaired) electrons. The lowest BCUT2D eigenvalue weighted by atomic mass is 10.2. The number of H-pyrrole nitrogens is 1. The minimum Gasteiger partial charge on any atom is -0.305 e. The van der Waals surface area contributed by atoms with Crippen LogP contribution in [0, 0.1) is 0 Å². The fraction of sp³-hybridized carbons (Fsp3) is 0.308. The molecule has 0 bridgehead atoms. The van der Waals surface area contributed by atoms with Gasteiger partial charge in [0.2, 0.25) is 0 Å². The predicted octanol–water partition coefficient (Wildman–Crippen LogP) is 3.05. The Morgan fingerprint density at radius 1 is 1.53 bits per heavy atom. The topological polar surface area (TPSA) is 70.7 Å². The van der Waals surface area contributed by atoms with Crippen LogP contribution >= 0.6 is 11.6 Å². The Morgan fingerprint density at radius 2 is 2.37 bits per heavy atom. The quantitative estimate of drug-likeness (QED) is 0.883. The minimum atomic E-state index is -0.291. The number of hydrogen-bond acceptors (Lipinski definition) is 3. The fourth-order valence-corrected chi connectivity index (χ4v) is 1.87. The molecule has 0 unspecified atom stereocenters. The monoisotopic (exact) mass is 278 g/mol. The number of aryl methyl sites for hydroxylation is 1. The van der Waals surface area contributed by atoms with Gasteiger partial charge in [-0.05, 0) is 18.9 Å². The molecule has 0 aliphatic rings. The number of aromatic amines is 1. The van der Waals surface area contributed by atoms with E-state index in [1.54, 1.807) is 6.07 Å². The summed E-state index contributed by atoms with van der Waals surface area (Å²) in [5, 5.41) is 9.97. The van der Waals surface area contributed by atoms with E-state index in [4.69, 9.17) is 11.6 Å². The highest BCUT2D eigenvalue weighted by atomic mass is 35.5. The molecular weight excluding hydrogens is 264 g/mol.